The first-order chi connectivity index (χ1) is 8.74. The molecule has 2 rings (SSSR count). The number of nitrogens with one attached hydrogen (secondary N) is 3. The summed E-state index contributed by atoms with van der Waals surface area (Å²) in [6.45, 7) is 2.60. The molecule has 0 aliphatic carbocycles. The zero-order chi connectivity index (χ0) is 13.0. The van der Waals surface area contributed by atoms with Crippen LogP contribution in [-0.2, 0) is 13.0 Å². The van der Waals surface area contributed by atoms with Crippen molar-refractivity contribution in [3.8, 4) is 0 Å². The molecule has 18 heavy (non-hydrogen) atoms. The van der Waals surface area contributed by atoms with Crippen LogP contribution in [0.25, 0.3) is 0 Å². The van der Waals surface area contributed by atoms with Crippen LogP contribution in [0.5, 0.6) is 0 Å². The molecule has 7 heteroatoms. The summed E-state index contributed by atoms with van der Waals surface area (Å²) in [4.78, 5) is 22.1. The van der Waals surface area contributed by atoms with Gasteiger partial charge in [0.05, 0.1) is 6.54 Å². The summed E-state index contributed by atoms with van der Waals surface area (Å²) in [5.74, 6) is 1.62. The standard InChI is InChI=1S/C11H15N5OS/c1-3-8-9(12-2)14-6-15-10(8)13-4-7-5-18-11(17)16-7/h5-6H,3-4H2,1-2H3,(H,16,17)(H2,12,13,14,15). The van der Waals surface area contributed by atoms with E-state index in [4.69, 9.17) is 0 Å². The Morgan fingerprint density at radius 1 is 1.39 bits per heavy atom. The Morgan fingerprint density at radius 3 is 2.78 bits per heavy atom. The van der Waals surface area contributed by atoms with E-state index in [0.717, 1.165) is 40.7 Å². The van der Waals surface area contributed by atoms with Gasteiger partial charge >= 0.3 is 4.87 Å². The second-order valence-electron chi connectivity index (χ2n) is 3.68. The number of H-pyrrole nitrogens is 1. The first kappa shape index (κ1) is 12.6. The maximum absolute atomic E-state index is 11.0. The van der Waals surface area contributed by atoms with Gasteiger partial charge in [0, 0.05) is 23.7 Å². The van der Waals surface area contributed by atoms with Crippen molar-refractivity contribution in [2.75, 3.05) is 17.7 Å². The zero-order valence-electron chi connectivity index (χ0n) is 10.3. The van der Waals surface area contributed by atoms with Crippen LogP contribution in [0.15, 0.2) is 16.5 Å². The van der Waals surface area contributed by atoms with Crippen molar-refractivity contribution in [3.05, 3.63) is 32.6 Å². The Labute approximate surface area is 109 Å². The van der Waals surface area contributed by atoms with Gasteiger partial charge in [-0.1, -0.05) is 18.3 Å². The Kier molecular flexibility index (Phi) is 3.93. The van der Waals surface area contributed by atoms with E-state index in [0.29, 0.717) is 6.54 Å². The molecule has 6 nitrogen and oxygen atoms in total. The summed E-state index contributed by atoms with van der Waals surface area (Å²) in [7, 11) is 1.83. The third kappa shape index (κ3) is 2.67. The minimum Gasteiger partial charge on any atom is -0.373 e. The van der Waals surface area contributed by atoms with Crippen molar-refractivity contribution in [3.63, 3.8) is 0 Å². The lowest BCUT2D eigenvalue weighted by Gasteiger charge is -2.12. The minimum absolute atomic E-state index is 0.0406. The van der Waals surface area contributed by atoms with Gasteiger partial charge in [0.1, 0.15) is 18.0 Å². The number of thiazole rings is 1. The van der Waals surface area contributed by atoms with Gasteiger partial charge in [-0.05, 0) is 6.42 Å². The van der Waals surface area contributed by atoms with E-state index >= 15 is 0 Å². The maximum Gasteiger partial charge on any atom is 0.304 e. The highest BCUT2D eigenvalue weighted by Crippen LogP contribution is 2.20. The van der Waals surface area contributed by atoms with Gasteiger partial charge in [-0.15, -0.1) is 0 Å². The normalized spacial score (nSPS) is 10.3. The van der Waals surface area contributed by atoms with Crippen LogP contribution in [0.1, 0.15) is 18.2 Å². The summed E-state index contributed by atoms with van der Waals surface area (Å²) in [6.07, 6.45) is 2.35. The predicted molar refractivity (Wildman–Crippen MR) is 73.2 cm³/mol. The molecule has 0 aliphatic rings. The van der Waals surface area contributed by atoms with Crippen LogP contribution in [0.4, 0.5) is 11.6 Å². The molecule has 0 fully saturated rings. The molecule has 2 heterocycles. The second kappa shape index (κ2) is 5.63. The fourth-order valence-corrected chi connectivity index (χ4v) is 2.28. The van der Waals surface area contributed by atoms with Crippen LogP contribution in [0.2, 0.25) is 0 Å². The number of anilines is 2. The van der Waals surface area contributed by atoms with Gasteiger partial charge in [0.25, 0.3) is 0 Å². The molecule has 96 valence electrons. The summed E-state index contributed by atoms with van der Waals surface area (Å²) < 4.78 is 0. The molecule has 0 radical (unpaired) electrons. The summed E-state index contributed by atoms with van der Waals surface area (Å²) in [5, 5.41) is 8.06. The van der Waals surface area contributed by atoms with E-state index in [1.165, 1.54) is 6.33 Å². The average molecular weight is 265 g/mol. The lowest BCUT2D eigenvalue weighted by molar-refractivity contribution is 0.991. The second-order valence-corrected chi connectivity index (χ2v) is 4.52. The monoisotopic (exact) mass is 265 g/mol. The van der Waals surface area contributed by atoms with E-state index in [1.807, 2.05) is 7.05 Å². The fourth-order valence-electron chi connectivity index (χ4n) is 1.69. The van der Waals surface area contributed by atoms with Crippen molar-refractivity contribution >= 4 is 23.0 Å². The van der Waals surface area contributed by atoms with Gasteiger partial charge < -0.3 is 15.6 Å². The maximum atomic E-state index is 11.0. The lowest BCUT2D eigenvalue weighted by atomic mass is 10.2. The Morgan fingerprint density at radius 2 is 2.17 bits per heavy atom. The topological polar surface area (TPSA) is 82.7 Å². The number of hydrogen-bond donors (Lipinski definition) is 3. The zero-order valence-corrected chi connectivity index (χ0v) is 11.1. The molecule has 3 N–H and O–H groups in total. The highest BCUT2D eigenvalue weighted by atomic mass is 32.1. The SMILES string of the molecule is CCc1c(NC)ncnc1NCc1csc(=O)[nH]1. The summed E-state index contributed by atoms with van der Waals surface area (Å²) >= 11 is 1.16. The van der Waals surface area contributed by atoms with Gasteiger partial charge in [-0.3, -0.25) is 4.79 Å². The predicted octanol–water partition coefficient (Wildman–Crippen LogP) is 1.44. The van der Waals surface area contributed by atoms with Crippen molar-refractivity contribution in [2.45, 2.75) is 19.9 Å². The van der Waals surface area contributed by atoms with Crippen LogP contribution in [0.3, 0.4) is 0 Å². The van der Waals surface area contributed by atoms with Crippen LogP contribution >= 0.6 is 11.3 Å². The van der Waals surface area contributed by atoms with Gasteiger partial charge in [0.15, 0.2) is 0 Å². The largest absolute Gasteiger partial charge is 0.373 e. The van der Waals surface area contributed by atoms with Crippen molar-refractivity contribution in [2.24, 2.45) is 0 Å². The van der Waals surface area contributed by atoms with E-state index in [9.17, 15) is 4.79 Å². The lowest BCUT2D eigenvalue weighted by Crippen LogP contribution is -2.09. The van der Waals surface area contributed by atoms with Crippen LogP contribution < -0.4 is 15.5 Å². The third-order valence-electron chi connectivity index (χ3n) is 2.55. The Hall–Kier alpha value is -1.89. The summed E-state index contributed by atoms with van der Waals surface area (Å²) in [5.41, 5.74) is 1.90. The summed E-state index contributed by atoms with van der Waals surface area (Å²) in [6, 6.07) is 0. The molecule has 0 bridgehead atoms. The molecule has 2 aromatic rings. The van der Waals surface area contributed by atoms with Crippen LogP contribution in [-0.4, -0.2) is 22.0 Å². The quantitative estimate of drug-likeness (QED) is 0.762. The third-order valence-corrected chi connectivity index (χ3v) is 3.27. The van der Waals surface area contributed by atoms with Crippen molar-refractivity contribution in [1.29, 1.82) is 0 Å². The molecule has 0 spiro atoms. The van der Waals surface area contributed by atoms with Gasteiger partial charge in [0.2, 0.25) is 0 Å². The molecular weight excluding hydrogens is 250 g/mol. The molecule has 0 aromatic carbocycles. The fraction of sp³-hybridized carbons (Fsp3) is 0.364. The molecule has 0 amide bonds. The van der Waals surface area contributed by atoms with Crippen LogP contribution in [0, 0.1) is 0 Å². The van der Waals surface area contributed by atoms with E-state index in [-0.39, 0.29) is 4.87 Å². The highest BCUT2D eigenvalue weighted by Gasteiger charge is 2.08. The minimum atomic E-state index is -0.0406. The number of aromatic amines is 1. The number of hydrogen-bond acceptors (Lipinski definition) is 6. The number of rotatable bonds is 5. The molecular formula is C11H15N5OS. The molecule has 0 saturated heterocycles. The molecule has 0 atom stereocenters. The van der Waals surface area contributed by atoms with E-state index in [2.05, 4.69) is 32.5 Å². The van der Waals surface area contributed by atoms with Crippen molar-refractivity contribution < 1.29 is 0 Å². The Bertz CT molecular complexity index is 577. The number of aromatic nitrogens is 3. The van der Waals surface area contributed by atoms with Crippen molar-refractivity contribution in [1.82, 2.24) is 15.0 Å². The van der Waals surface area contributed by atoms with Gasteiger partial charge in [-0.2, -0.15) is 0 Å². The molecule has 2 aromatic heterocycles. The first-order valence-corrected chi connectivity index (χ1v) is 6.54. The smallest absolute Gasteiger partial charge is 0.304 e. The average Bonchev–Trinajstić information content (AvgIpc) is 2.81. The Balaban J connectivity index is 2.16. The van der Waals surface area contributed by atoms with Gasteiger partial charge in [-0.25, -0.2) is 9.97 Å². The first-order valence-electron chi connectivity index (χ1n) is 5.66. The highest BCUT2D eigenvalue weighted by molar-refractivity contribution is 7.07. The molecule has 0 unspecified atom stereocenters. The number of nitrogens with zero attached hydrogens (tertiary/aromatic N) is 2. The van der Waals surface area contributed by atoms with E-state index < -0.39 is 0 Å². The van der Waals surface area contributed by atoms with E-state index in [1.54, 1.807) is 5.38 Å². The molecule has 0 aliphatic heterocycles. The molecule has 0 saturated carbocycles.